The Balaban J connectivity index is 1.41. The summed E-state index contributed by atoms with van der Waals surface area (Å²) in [4.78, 5) is 40.5. The molecule has 3 aromatic heterocycles. The topological polar surface area (TPSA) is 110 Å². The highest BCUT2D eigenvalue weighted by Gasteiger charge is 2.37. The Morgan fingerprint density at radius 1 is 1.15 bits per heavy atom. The summed E-state index contributed by atoms with van der Waals surface area (Å²) in [5, 5.41) is 2.19. The molecule has 1 aromatic carbocycles. The summed E-state index contributed by atoms with van der Waals surface area (Å²) in [6.07, 6.45) is 5.13. The van der Waals surface area contributed by atoms with E-state index in [0.29, 0.717) is 33.7 Å². The molecule has 6 rings (SSSR count). The molecule has 12 nitrogen and oxygen atoms in total. The average Bonchev–Trinajstić information content (AvgIpc) is 3.42. The molecule has 48 heavy (non-hydrogen) atoms. The number of nitrogens with zero attached hydrogens (tertiary/aromatic N) is 8. The average molecular weight is 677 g/mol. The SMILES string of the molecule is [C-]#[N+]C[C@H]1CN(c2nc(OC[C@@H]3C[C@@H](OC)CN3C)nc3c(F)c(-c4cncc5cccc(Cl)c45)ncc23)CCN1C(=O)OC(C)(C)C. The number of fused-ring (bicyclic) bond motifs is 2. The van der Waals surface area contributed by atoms with Gasteiger partial charge in [-0.1, -0.05) is 23.7 Å². The van der Waals surface area contributed by atoms with Crippen LogP contribution in [0.2, 0.25) is 5.02 Å². The van der Waals surface area contributed by atoms with E-state index < -0.39 is 23.6 Å². The van der Waals surface area contributed by atoms with Gasteiger partial charge in [-0.15, -0.1) is 0 Å². The van der Waals surface area contributed by atoms with E-state index in [9.17, 15) is 4.79 Å². The third-order valence-electron chi connectivity index (χ3n) is 8.73. The molecule has 0 aliphatic carbocycles. The molecule has 4 aromatic rings. The molecule has 2 saturated heterocycles. The van der Waals surface area contributed by atoms with Crippen LogP contribution in [-0.2, 0) is 9.47 Å². The van der Waals surface area contributed by atoms with Crippen LogP contribution < -0.4 is 9.64 Å². The Kier molecular flexibility index (Phi) is 9.51. The van der Waals surface area contributed by atoms with Crippen LogP contribution >= 0.6 is 11.6 Å². The van der Waals surface area contributed by atoms with Gasteiger partial charge in [0.25, 0.3) is 0 Å². The van der Waals surface area contributed by atoms with E-state index >= 15 is 4.39 Å². The number of piperazine rings is 1. The van der Waals surface area contributed by atoms with Crippen molar-refractivity contribution in [1.82, 2.24) is 29.7 Å². The summed E-state index contributed by atoms with van der Waals surface area (Å²) < 4.78 is 34.1. The monoisotopic (exact) mass is 676 g/mol. The molecule has 252 valence electrons. The third kappa shape index (κ3) is 6.78. The maximum Gasteiger partial charge on any atom is 0.410 e. The molecule has 5 heterocycles. The molecule has 2 aliphatic heterocycles. The van der Waals surface area contributed by atoms with Crippen molar-refractivity contribution in [1.29, 1.82) is 0 Å². The number of hydrogen-bond donors (Lipinski definition) is 0. The highest BCUT2D eigenvalue weighted by molar-refractivity contribution is 6.36. The van der Waals surface area contributed by atoms with E-state index in [-0.39, 0.29) is 55.6 Å². The van der Waals surface area contributed by atoms with Gasteiger partial charge in [-0.25, -0.2) is 15.8 Å². The summed E-state index contributed by atoms with van der Waals surface area (Å²) in [6.45, 7) is 15.0. The van der Waals surface area contributed by atoms with E-state index in [2.05, 4.69) is 24.7 Å². The van der Waals surface area contributed by atoms with Gasteiger partial charge in [-0.2, -0.15) is 9.97 Å². The Morgan fingerprint density at radius 2 is 1.96 bits per heavy atom. The van der Waals surface area contributed by atoms with Crippen molar-refractivity contribution in [2.45, 2.75) is 51.0 Å². The number of carbonyl (C=O) groups is 1. The Labute approximate surface area is 283 Å². The quantitative estimate of drug-likeness (QED) is 0.234. The first-order valence-corrected chi connectivity index (χ1v) is 16.2. The number of halogens is 2. The van der Waals surface area contributed by atoms with Gasteiger partial charge in [-0.05, 0) is 40.3 Å². The first kappa shape index (κ1) is 33.5. The molecule has 0 N–H and O–H groups in total. The number of ether oxygens (including phenoxy) is 3. The Bertz CT molecular complexity index is 1880. The van der Waals surface area contributed by atoms with E-state index in [1.807, 2.05) is 24.1 Å². The van der Waals surface area contributed by atoms with Crippen LogP contribution in [0.25, 0.3) is 37.8 Å². The lowest BCUT2D eigenvalue weighted by atomic mass is 10.0. The van der Waals surface area contributed by atoms with Crippen molar-refractivity contribution >= 4 is 45.2 Å². The van der Waals surface area contributed by atoms with Gasteiger partial charge in [0.2, 0.25) is 6.54 Å². The number of aromatic nitrogens is 4. The number of anilines is 1. The zero-order valence-electron chi connectivity index (χ0n) is 27.6. The van der Waals surface area contributed by atoms with Crippen molar-refractivity contribution in [2.75, 3.05) is 58.4 Å². The molecule has 14 heteroatoms. The minimum atomic E-state index is -0.687. The fraction of sp³-hybridized carbons (Fsp3) is 0.471. The van der Waals surface area contributed by atoms with Crippen LogP contribution in [-0.4, -0.2) is 113 Å². The van der Waals surface area contributed by atoms with Gasteiger partial charge in [0.15, 0.2) is 5.82 Å². The van der Waals surface area contributed by atoms with E-state index in [1.165, 1.54) is 6.20 Å². The number of amides is 1. The normalized spacial score (nSPS) is 20.3. The minimum absolute atomic E-state index is 0.00759. The van der Waals surface area contributed by atoms with Crippen LogP contribution in [0.4, 0.5) is 15.0 Å². The number of benzene rings is 1. The molecule has 3 atom stereocenters. The zero-order valence-corrected chi connectivity index (χ0v) is 28.4. The number of rotatable bonds is 7. The van der Waals surface area contributed by atoms with Crippen LogP contribution in [0.5, 0.6) is 6.01 Å². The number of pyridine rings is 2. The highest BCUT2D eigenvalue weighted by atomic mass is 35.5. The maximum absolute atomic E-state index is 16.7. The van der Waals surface area contributed by atoms with Crippen molar-refractivity contribution in [3.63, 3.8) is 0 Å². The molecule has 0 spiro atoms. The first-order valence-electron chi connectivity index (χ1n) is 15.8. The largest absolute Gasteiger partial charge is 0.462 e. The molecular formula is C34H38ClFN8O4. The van der Waals surface area contributed by atoms with Crippen LogP contribution in [0, 0.1) is 12.4 Å². The fourth-order valence-electron chi connectivity index (χ4n) is 6.32. The number of likely N-dealkylation sites (tertiary alicyclic amines) is 1. The lowest BCUT2D eigenvalue weighted by molar-refractivity contribution is 0.0155. The number of likely N-dealkylation sites (N-methyl/N-ethyl adjacent to an activating group) is 1. The molecular weight excluding hydrogens is 639 g/mol. The van der Waals surface area contributed by atoms with Gasteiger partial charge >= 0.3 is 12.1 Å². The second-order valence-electron chi connectivity index (χ2n) is 13.1. The smallest absolute Gasteiger partial charge is 0.410 e. The second kappa shape index (κ2) is 13.6. The van der Waals surface area contributed by atoms with Crippen molar-refractivity contribution in [3.8, 4) is 17.3 Å². The van der Waals surface area contributed by atoms with Crippen molar-refractivity contribution < 1.29 is 23.4 Å². The molecule has 1 amide bonds. The van der Waals surface area contributed by atoms with Gasteiger partial charge in [0.1, 0.15) is 35.3 Å². The van der Waals surface area contributed by atoms with E-state index in [1.54, 1.807) is 51.2 Å². The van der Waals surface area contributed by atoms with Gasteiger partial charge in [-0.3, -0.25) is 19.8 Å². The summed E-state index contributed by atoms with van der Waals surface area (Å²) in [5.74, 6) is -0.270. The summed E-state index contributed by atoms with van der Waals surface area (Å²) in [6, 6.07) is 4.98. The van der Waals surface area contributed by atoms with Crippen LogP contribution in [0.3, 0.4) is 0 Å². The van der Waals surface area contributed by atoms with E-state index in [4.69, 9.17) is 37.4 Å². The minimum Gasteiger partial charge on any atom is -0.462 e. The maximum atomic E-state index is 16.7. The van der Waals surface area contributed by atoms with Crippen LogP contribution in [0.1, 0.15) is 27.2 Å². The predicted octanol–water partition coefficient (Wildman–Crippen LogP) is 5.48. The van der Waals surface area contributed by atoms with Gasteiger partial charge < -0.3 is 24.0 Å². The van der Waals surface area contributed by atoms with Crippen molar-refractivity contribution in [3.05, 3.63) is 59.0 Å². The lowest BCUT2D eigenvalue weighted by Crippen LogP contribution is -2.57. The Morgan fingerprint density at radius 3 is 2.69 bits per heavy atom. The first-order chi connectivity index (χ1) is 23.0. The Hall–Kier alpha value is -4.38. The number of methoxy groups -OCH3 is 1. The molecule has 2 aliphatic rings. The fourth-order valence-corrected chi connectivity index (χ4v) is 6.60. The number of carbonyl (C=O) groups excluding carboxylic acids is 1. The summed E-state index contributed by atoms with van der Waals surface area (Å²) >= 11 is 6.58. The van der Waals surface area contributed by atoms with Gasteiger partial charge in [0, 0.05) is 79.3 Å². The van der Waals surface area contributed by atoms with Crippen molar-refractivity contribution in [2.24, 2.45) is 0 Å². The summed E-state index contributed by atoms with van der Waals surface area (Å²) in [7, 11) is 3.69. The predicted molar refractivity (Wildman–Crippen MR) is 181 cm³/mol. The number of hydrogen-bond acceptors (Lipinski definition) is 10. The highest BCUT2D eigenvalue weighted by Crippen LogP contribution is 2.37. The summed E-state index contributed by atoms with van der Waals surface area (Å²) in [5.41, 5.74) is -0.187. The third-order valence-corrected chi connectivity index (χ3v) is 9.05. The molecule has 0 unspecified atom stereocenters. The molecule has 0 bridgehead atoms. The van der Waals surface area contributed by atoms with Crippen LogP contribution in [0.15, 0.2) is 36.8 Å². The zero-order chi connectivity index (χ0) is 34.2. The molecule has 0 saturated carbocycles. The van der Waals surface area contributed by atoms with Gasteiger partial charge in [0.05, 0.1) is 11.5 Å². The van der Waals surface area contributed by atoms with E-state index in [0.717, 1.165) is 18.4 Å². The molecule has 2 fully saturated rings. The second-order valence-corrected chi connectivity index (χ2v) is 13.6. The lowest BCUT2D eigenvalue weighted by Gasteiger charge is -2.40. The standard InChI is InChI=1S/C34H38ClFN8O4/c1-34(2,3)48-33(45)44-11-10-43(17-22(44)14-37-4)31-25-16-39-29(24-15-38-13-20-8-7-9-26(35)27(20)24)28(36)30(25)40-32(41-31)47-19-21-12-23(46-6)18-42(21)5/h7-9,13,15-16,21-23H,10-12,14,17-19H2,1-3,5-6H3/t21-,22-,23+/m0/s1. The molecule has 0 radical (unpaired) electrons.